The molecule has 35 heavy (non-hydrogen) atoms. The Labute approximate surface area is 201 Å². The van der Waals surface area contributed by atoms with Gasteiger partial charge in [0.25, 0.3) is 11.6 Å². The number of hydrogen-bond acceptors (Lipinski definition) is 6. The maximum absolute atomic E-state index is 12.6. The average Bonchev–Trinajstić information content (AvgIpc) is 2.83. The molecule has 0 saturated heterocycles. The molecular formula is C27H24N2O6. The molecule has 1 N–H and O–H groups in total. The monoisotopic (exact) mass is 472 g/mol. The zero-order chi connectivity index (χ0) is 25.1. The fourth-order valence-corrected chi connectivity index (χ4v) is 3.90. The molecule has 0 atom stereocenters. The lowest BCUT2D eigenvalue weighted by Crippen LogP contribution is -2.21. The number of anilines is 1. The molecule has 0 saturated carbocycles. The Morgan fingerprint density at radius 3 is 2.51 bits per heavy atom. The maximum atomic E-state index is 12.6. The van der Waals surface area contributed by atoms with Crippen LogP contribution in [0.15, 0.2) is 75.9 Å². The fraction of sp³-hybridized carbons (Fsp3) is 0.185. The Bertz CT molecular complexity index is 1470. The van der Waals surface area contributed by atoms with Crippen molar-refractivity contribution in [1.29, 1.82) is 0 Å². The van der Waals surface area contributed by atoms with Gasteiger partial charge in [-0.15, -0.1) is 0 Å². The zero-order valence-corrected chi connectivity index (χ0v) is 19.5. The third kappa shape index (κ3) is 5.22. The van der Waals surface area contributed by atoms with E-state index in [1.54, 1.807) is 30.3 Å². The number of aryl methyl sites for hydroxylation is 1. The van der Waals surface area contributed by atoms with Gasteiger partial charge in [-0.3, -0.25) is 14.9 Å². The van der Waals surface area contributed by atoms with Crippen LogP contribution in [0.3, 0.4) is 0 Å². The molecule has 4 rings (SSSR count). The number of hydrogen-bond donors (Lipinski definition) is 1. The molecule has 0 aliphatic rings. The molecule has 0 spiro atoms. The summed E-state index contributed by atoms with van der Waals surface area (Å²) in [5.41, 5.74) is 3.69. The van der Waals surface area contributed by atoms with Crippen LogP contribution in [0.5, 0.6) is 5.75 Å². The van der Waals surface area contributed by atoms with Crippen molar-refractivity contribution in [2.75, 3.05) is 11.9 Å². The van der Waals surface area contributed by atoms with E-state index in [1.807, 2.05) is 25.1 Å². The summed E-state index contributed by atoms with van der Waals surface area (Å²) in [6.07, 6.45) is 0. The first-order chi connectivity index (χ1) is 16.7. The van der Waals surface area contributed by atoms with Gasteiger partial charge in [-0.1, -0.05) is 32.0 Å². The number of nitrogens with zero attached hydrogens (tertiary/aromatic N) is 1. The van der Waals surface area contributed by atoms with Crippen molar-refractivity contribution in [2.45, 2.75) is 26.7 Å². The first kappa shape index (κ1) is 23.7. The number of ether oxygens (including phenoxy) is 1. The molecule has 0 aliphatic heterocycles. The van der Waals surface area contributed by atoms with Crippen LogP contribution < -0.4 is 15.7 Å². The normalized spacial score (nSPS) is 11.0. The topological polar surface area (TPSA) is 112 Å². The summed E-state index contributed by atoms with van der Waals surface area (Å²) in [7, 11) is 0. The van der Waals surface area contributed by atoms with Gasteiger partial charge in [0.2, 0.25) is 0 Å². The van der Waals surface area contributed by atoms with Crippen LogP contribution in [0.25, 0.3) is 22.1 Å². The van der Waals surface area contributed by atoms with E-state index in [-0.39, 0.29) is 29.7 Å². The summed E-state index contributed by atoms with van der Waals surface area (Å²) >= 11 is 0. The summed E-state index contributed by atoms with van der Waals surface area (Å²) in [6.45, 7) is 5.85. The van der Waals surface area contributed by atoms with Crippen molar-refractivity contribution < 1.29 is 18.9 Å². The predicted molar refractivity (Wildman–Crippen MR) is 134 cm³/mol. The Morgan fingerprint density at radius 1 is 1.09 bits per heavy atom. The quantitative estimate of drug-likeness (QED) is 0.206. The van der Waals surface area contributed by atoms with E-state index in [0.29, 0.717) is 22.3 Å². The fourth-order valence-electron chi connectivity index (χ4n) is 3.90. The van der Waals surface area contributed by atoms with E-state index in [4.69, 9.17) is 9.15 Å². The number of benzene rings is 3. The first-order valence-corrected chi connectivity index (χ1v) is 11.1. The molecule has 0 radical (unpaired) electrons. The van der Waals surface area contributed by atoms with Gasteiger partial charge in [0.05, 0.1) is 4.92 Å². The van der Waals surface area contributed by atoms with Crippen molar-refractivity contribution in [1.82, 2.24) is 0 Å². The van der Waals surface area contributed by atoms with Gasteiger partial charge in [0.1, 0.15) is 11.3 Å². The molecule has 1 amide bonds. The highest BCUT2D eigenvalue weighted by atomic mass is 16.6. The number of non-ortho nitro benzene ring substituents is 1. The lowest BCUT2D eigenvalue weighted by molar-refractivity contribution is -0.384. The SMILES string of the molecule is Cc1cccc(C(C)C)c1NC(=O)COc1ccc2c(-c3ccc([N+](=O)[O-])cc3)cc(=O)oc2c1. The van der Waals surface area contributed by atoms with Crippen molar-refractivity contribution in [2.24, 2.45) is 0 Å². The van der Waals surface area contributed by atoms with Crippen LogP contribution in [-0.4, -0.2) is 17.4 Å². The number of fused-ring (bicyclic) bond motifs is 1. The maximum Gasteiger partial charge on any atom is 0.336 e. The summed E-state index contributed by atoms with van der Waals surface area (Å²) in [4.78, 5) is 35.2. The van der Waals surface area contributed by atoms with Crippen molar-refractivity contribution >= 4 is 28.3 Å². The van der Waals surface area contributed by atoms with Crippen LogP contribution in [0.4, 0.5) is 11.4 Å². The molecule has 8 heteroatoms. The molecule has 8 nitrogen and oxygen atoms in total. The molecule has 0 aliphatic carbocycles. The third-order valence-electron chi connectivity index (χ3n) is 5.67. The molecule has 4 aromatic rings. The van der Waals surface area contributed by atoms with Crippen LogP contribution in [0, 0.1) is 17.0 Å². The highest BCUT2D eigenvalue weighted by Crippen LogP contribution is 2.31. The van der Waals surface area contributed by atoms with Gasteiger partial charge >= 0.3 is 5.63 Å². The summed E-state index contributed by atoms with van der Waals surface area (Å²) < 4.78 is 11.0. The van der Waals surface area contributed by atoms with E-state index in [2.05, 4.69) is 19.2 Å². The molecule has 0 bridgehead atoms. The molecule has 1 heterocycles. The van der Waals surface area contributed by atoms with E-state index in [1.165, 1.54) is 18.2 Å². The van der Waals surface area contributed by atoms with E-state index < -0.39 is 10.5 Å². The Morgan fingerprint density at radius 2 is 1.83 bits per heavy atom. The smallest absolute Gasteiger partial charge is 0.336 e. The van der Waals surface area contributed by atoms with Gasteiger partial charge in [0, 0.05) is 35.3 Å². The minimum Gasteiger partial charge on any atom is -0.484 e. The van der Waals surface area contributed by atoms with Gasteiger partial charge in [-0.05, 0) is 59.4 Å². The molecule has 0 fully saturated rings. The minimum atomic E-state index is -0.568. The molecule has 178 valence electrons. The number of nitrogens with one attached hydrogen (secondary N) is 1. The second-order valence-electron chi connectivity index (χ2n) is 8.47. The molecule has 0 unspecified atom stereocenters. The van der Waals surface area contributed by atoms with E-state index >= 15 is 0 Å². The molecule has 3 aromatic carbocycles. The standard InChI is InChI=1S/C27H24N2O6/c1-16(2)21-6-4-5-17(3)27(21)28-25(30)15-34-20-11-12-22-23(14-26(31)35-24(22)13-20)18-7-9-19(10-8-18)29(32)33/h4-14,16H,15H2,1-3H3,(H,28,30). The molecular weight excluding hydrogens is 448 g/mol. The first-order valence-electron chi connectivity index (χ1n) is 11.1. The highest BCUT2D eigenvalue weighted by molar-refractivity contribution is 5.95. The lowest BCUT2D eigenvalue weighted by atomic mass is 9.98. The second-order valence-corrected chi connectivity index (χ2v) is 8.47. The Balaban J connectivity index is 1.54. The number of amides is 1. The average molecular weight is 472 g/mol. The van der Waals surface area contributed by atoms with Gasteiger partial charge in [0.15, 0.2) is 6.61 Å². The number of nitro groups is 1. The largest absolute Gasteiger partial charge is 0.484 e. The number of rotatable bonds is 7. The van der Waals surface area contributed by atoms with Gasteiger partial charge in [-0.25, -0.2) is 4.79 Å². The van der Waals surface area contributed by atoms with Crippen LogP contribution in [0.1, 0.15) is 30.9 Å². The molecule has 1 aromatic heterocycles. The van der Waals surface area contributed by atoms with Crippen LogP contribution in [-0.2, 0) is 4.79 Å². The van der Waals surface area contributed by atoms with Gasteiger partial charge < -0.3 is 14.5 Å². The van der Waals surface area contributed by atoms with Crippen LogP contribution >= 0.6 is 0 Å². The number of nitro benzene ring substituents is 1. The lowest BCUT2D eigenvalue weighted by Gasteiger charge is -2.16. The second kappa shape index (κ2) is 9.80. The summed E-state index contributed by atoms with van der Waals surface area (Å²) in [5, 5.41) is 14.5. The Kier molecular flexibility index (Phi) is 6.64. The van der Waals surface area contributed by atoms with Crippen LogP contribution in [0.2, 0.25) is 0 Å². The predicted octanol–water partition coefficient (Wildman–Crippen LogP) is 5.82. The van der Waals surface area contributed by atoms with Gasteiger partial charge in [-0.2, -0.15) is 0 Å². The minimum absolute atomic E-state index is 0.0406. The number of carbonyl (C=O) groups excluding carboxylic acids is 1. The third-order valence-corrected chi connectivity index (χ3v) is 5.67. The summed E-state index contributed by atoms with van der Waals surface area (Å²) in [5.74, 6) is 0.312. The highest BCUT2D eigenvalue weighted by Gasteiger charge is 2.14. The summed E-state index contributed by atoms with van der Waals surface area (Å²) in [6, 6.07) is 18.1. The Hall–Kier alpha value is -4.46. The van der Waals surface area contributed by atoms with Crippen molar-refractivity contribution in [3.05, 3.63) is 98.4 Å². The van der Waals surface area contributed by atoms with E-state index in [9.17, 15) is 19.7 Å². The zero-order valence-electron chi connectivity index (χ0n) is 19.5. The van der Waals surface area contributed by atoms with Crippen molar-refractivity contribution in [3.8, 4) is 16.9 Å². The number of carbonyl (C=O) groups is 1. The number of para-hydroxylation sites is 1. The van der Waals surface area contributed by atoms with Crippen molar-refractivity contribution in [3.63, 3.8) is 0 Å². The van der Waals surface area contributed by atoms with E-state index in [0.717, 1.165) is 16.8 Å².